The van der Waals surface area contributed by atoms with Gasteiger partial charge in [-0.2, -0.15) is 0 Å². The molecule has 0 unspecified atom stereocenters. The van der Waals surface area contributed by atoms with Gasteiger partial charge in [-0.15, -0.1) is 0 Å². The van der Waals surface area contributed by atoms with Gasteiger partial charge >= 0.3 is 0 Å². The fourth-order valence-electron chi connectivity index (χ4n) is 1.70. The van der Waals surface area contributed by atoms with Crippen molar-refractivity contribution in [1.82, 2.24) is 0 Å². The molecule has 0 bridgehead atoms. The summed E-state index contributed by atoms with van der Waals surface area (Å²) in [6, 6.07) is 11.9. The minimum absolute atomic E-state index is 0.188. The minimum Gasteiger partial charge on any atom is -0.294 e. The molecule has 0 aliphatic rings. The molecule has 0 radical (unpaired) electrons. The molecule has 2 rings (SSSR count). The Bertz CT molecular complexity index is 517. The van der Waals surface area contributed by atoms with E-state index in [2.05, 4.69) is 15.9 Å². The molecule has 0 spiro atoms. The van der Waals surface area contributed by atoms with Crippen LogP contribution in [0.2, 0.25) is 0 Å². The average molecular weight is 263 g/mol. The Hall–Kier alpha value is -1.15. The van der Waals surface area contributed by atoms with Crippen LogP contribution in [0.5, 0.6) is 0 Å². The fraction of sp³-hybridized carbons (Fsp3) is 0.154. The molecule has 0 N–H and O–H groups in total. The summed E-state index contributed by atoms with van der Waals surface area (Å²) in [5.41, 5.74) is 0.808. The molecule has 15 heavy (non-hydrogen) atoms. The van der Waals surface area contributed by atoms with Crippen molar-refractivity contribution in [2.75, 3.05) is 0 Å². The lowest BCUT2D eigenvalue weighted by atomic mass is 10.0. The maximum Gasteiger partial charge on any atom is 0.163 e. The van der Waals surface area contributed by atoms with Gasteiger partial charge in [0.15, 0.2) is 5.78 Å². The lowest BCUT2D eigenvalue weighted by molar-refractivity contribution is 0.0989. The van der Waals surface area contributed by atoms with Gasteiger partial charge in [0.1, 0.15) is 0 Å². The molecule has 0 aliphatic heterocycles. The summed E-state index contributed by atoms with van der Waals surface area (Å²) in [5.74, 6) is 0.188. The maximum absolute atomic E-state index is 11.8. The molecule has 0 amide bonds. The van der Waals surface area contributed by atoms with Crippen LogP contribution in [0.4, 0.5) is 0 Å². The number of halogens is 1. The van der Waals surface area contributed by atoms with Crippen LogP contribution in [0, 0.1) is 0 Å². The van der Waals surface area contributed by atoms with Crippen LogP contribution < -0.4 is 0 Å². The number of carbonyl (C=O) groups excluding carboxylic acids is 1. The summed E-state index contributed by atoms with van der Waals surface area (Å²) >= 11 is 3.43. The van der Waals surface area contributed by atoms with Gasteiger partial charge in [-0.25, -0.2) is 0 Å². The van der Waals surface area contributed by atoms with Crippen molar-refractivity contribution in [3.05, 3.63) is 46.4 Å². The largest absolute Gasteiger partial charge is 0.294 e. The lowest BCUT2D eigenvalue weighted by Gasteiger charge is -2.05. The van der Waals surface area contributed by atoms with E-state index in [1.807, 2.05) is 43.3 Å². The molecule has 2 heteroatoms. The van der Waals surface area contributed by atoms with Crippen molar-refractivity contribution in [2.45, 2.75) is 13.3 Å². The highest BCUT2D eigenvalue weighted by molar-refractivity contribution is 9.10. The van der Waals surface area contributed by atoms with Gasteiger partial charge in [-0.05, 0) is 22.9 Å². The van der Waals surface area contributed by atoms with Crippen molar-refractivity contribution >= 4 is 32.5 Å². The lowest BCUT2D eigenvalue weighted by Crippen LogP contribution is -1.97. The van der Waals surface area contributed by atoms with Gasteiger partial charge in [0.2, 0.25) is 0 Å². The Labute approximate surface area is 97.2 Å². The molecule has 0 fully saturated rings. The van der Waals surface area contributed by atoms with E-state index < -0.39 is 0 Å². The third-order valence-corrected chi connectivity index (χ3v) is 2.91. The number of fused-ring (bicyclic) bond motifs is 1. The predicted octanol–water partition coefficient (Wildman–Crippen LogP) is 4.20. The number of ketones is 1. The summed E-state index contributed by atoms with van der Waals surface area (Å²) in [4.78, 5) is 11.8. The summed E-state index contributed by atoms with van der Waals surface area (Å²) in [5, 5.41) is 2.14. The molecule has 2 aromatic carbocycles. The number of hydrogen-bond acceptors (Lipinski definition) is 1. The zero-order chi connectivity index (χ0) is 10.8. The Balaban J connectivity index is 2.76. The van der Waals surface area contributed by atoms with E-state index in [1.165, 1.54) is 0 Å². The van der Waals surface area contributed by atoms with E-state index in [4.69, 9.17) is 0 Å². The third-order valence-electron chi connectivity index (χ3n) is 2.45. The molecular formula is C13H11BrO. The van der Waals surface area contributed by atoms with Crippen LogP contribution in [0.25, 0.3) is 10.8 Å². The SMILES string of the molecule is CCC(=O)c1cc(Br)cc2ccccc12. The van der Waals surface area contributed by atoms with Crippen molar-refractivity contribution in [3.63, 3.8) is 0 Å². The first-order valence-corrected chi connectivity index (χ1v) is 5.73. The number of benzene rings is 2. The normalized spacial score (nSPS) is 10.5. The van der Waals surface area contributed by atoms with Crippen molar-refractivity contribution < 1.29 is 4.79 Å². The van der Waals surface area contributed by atoms with Gasteiger partial charge in [-0.1, -0.05) is 47.1 Å². The highest BCUT2D eigenvalue weighted by Gasteiger charge is 2.08. The highest BCUT2D eigenvalue weighted by atomic mass is 79.9. The van der Waals surface area contributed by atoms with Gasteiger partial charge in [0.05, 0.1) is 0 Å². The summed E-state index contributed by atoms with van der Waals surface area (Å²) < 4.78 is 0.956. The molecule has 0 atom stereocenters. The van der Waals surface area contributed by atoms with Gasteiger partial charge in [0, 0.05) is 16.5 Å². The summed E-state index contributed by atoms with van der Waals surface area (Å²) in [7, 11) is 0. The van der Waals surface area contributed by atoms with Crippen LogP contribution in [0.15, 0.2) is 40.9 Å². The molecule has 0 heterocycles. The third kappa shape index (κ3) is 1.95. The van der Waals surface area contributed by atoms with Crippen molar-refractivity contribution in [3.8, 4) is 0 Å². The molecule has 0 saturated heterocycles. The number of rotatable bonds is 2. The Kier molecular flexibility index (Phi) is 2.87. The molecule has 1 nitrogen and oxygen atoms in total. The zero-order valence-corrected chi connectivity index (χ0v) is 10.0. The molecule has 0 aliphatic carbocycles. The first-order valence-electron chi connectivity index (χ1n) is 4.94. The quantitative estimate of drug-likeness (QED) is 0.742. The van der Waals surface area contributed by atoms with E-state index in [1.54, 1.807) is 0 Å². The maximum atomic E-state index is 11.8. The van der Waals surface area contributed by atoms with Crippen LogP contribution in [0.3, 0.4) is 0 Å². The number of carbonyl (C=O) groups is 1. The van der Waals surface area contributed by atoms with Crippen LogP contribution >= 0.6 is 15.9 Å². The standard InChI is InChI=1S/C13H11BrO/c1-2-13(15)12-8-10(14)7-9-5-3-4-6-11(9)12/h3-8H,2H2,1H3. The monoisotopic (exact) mass is 262 g/mol. The topological polar surface area (TPSA) is 17.1 Å². The first kappa shape index (κ1) is 10.4. The smallest absolute Gasteiger partial charge is 0.163 e. The second-order valence-electron chi connectivity index (χ2n) is 3.45. The highest BCUT2D eigenvalue weighted by Crippen LogP contribution is 2.25. The van der Waals surface area contributed by atoms with Gasteiger partial charge < -0.3 is 0 Å². The van der Waals surface area contributed by atoms with Crippen LogP contribution in [0.1, 0.15) is 23.7 Å². The number of Topliss-reactive ketones (excluding diaryl/α,β-unsaturated/α-hetero) is 1. The Morgan fingerprint density at radius 2 is 2.00 bits per heavy atom. The van der Waals surface area contributed by atoms with Gasteiger partial charge in [0.25, 0.3) is 0 Å². The molecular weight excluding hydrogens is 252 g/mol. The molecule has 0 aromatic heterocycles. The van der Waals surface area contributed by atoms with Gasteiger partial charge in [-0.3, -0.25) is 4.79 Å². The second kappa shape index (κ2) is 4.15. The van der Waals surface area contributed by atoms with E-state index in [-0.39, 0.29) is 5.78 Å². The van der Waals surface area contributed by atoms with E-state index in [0.717, 1.165) is 20.8 Å². The Morgan fingerprint density at radius 3 is 2.73 bits per heavy atom. The average Bonchev–Trinajstić information content (AvgIpc) is 2.26. The summed E-state index contributed by atoms with van der Waals surface area (Å²) in [6.45, 7) is 1.89. The minimum atomic E-state index is 0.188. The number of hydrogen-bond donors (Lipinski definition) is 0. The molecule has 2 aromatic rings. The fourth-order valence-corrected chi connectivity index (χ4v) is 2.17. The van der Waals surface area contributed by atoms with E-state index in [9.17, 15) is 4.79 Å². The van der Waals surface area contributed by atoms with Crippen LogP contribution in [-0.2, 0) is 0 Å². The summed E-state index contributed by atoms with van der Waals surface area (Å²) in [6.07, 6.45) is 0.542. The zero-order valence-electron chi connectivity index (χ0n) is 8.46. The van der Waals surface area contributed by atoms with E-state index in [0.29, 0.717) is 6.42 Å². The van der Waals surface area contributed by atoms with E-state index >= 15 is 0 Å². The first-order chi connectivity index (χ1) is 7.22. The predicted molar refractivity (Wildman–Crippen MR) is 66.3 cm³/mol. The molecule has 0 saturated carbocycles. The van der Waals surface area contributed by atoms with Crippen molar-refractivity contribution in [1.29, 1.82) is 0 Å². The Morgan fingerprint density at radius 1 is 1.27 bits per heavy atom. The second-order valence-corrected chi connectivity index (χ2v) is 4.37. The molecule has 76 valence electrons. The van der Waals surface area contributed by atoms with Crippen molar-refractivity contribution in [2.24, 2.45) is 0 Å². The van der Waals surface area contributed by atoms with Crippen LogP contribution in [-0.4, -0.2) is 5.78 Å².